The Kier molecular flexibility index (Phi) is 5.45. The lowest BCUT2D eigenvalue weighted by Gasteiger charge is -2.34. The van der Waals surface area contributed by atoms with E-state index in [9.17, 15) is 4.79 Å². The largest absolute Gasteiger partial charge is 0.469 e. The summed E-state index contributed by atoms with van der Waals surface area (Å²) in [5, 5.41) is 3.31. The van der Waals surface area contributed by atoms with E-state index in [2.05, 4.69) is 5.32 Å². The molecule has 0 radical (unpaired) electrons. The predicted molar refractivity (Wildman–Crippen MR) is 58.6 cm³/mol. The van der Waals surface area contributed by atoms with Crippen molar-refractivity contribution < 1.29 is 9.53 Å². The number of halogens is 1. The number of ether oxygens (including phenoxy) is 1. The molecule has 14 heavy (non-hydrogen) atoms. The second-order valence-corrected chi connectivity index (χ2v) is 4.26. The molecule has 0 saturated carbocycles. The van der Waals surface area contributed by atoms with Crippen molar-refractivity contribution in [1.82, 2.24) is 5.32 Å². The van der Waals surface area contributed by atoms with Crippen molar-refractivity contribution in [3.05, 3.63) is 0 Å². The van der Waals surface area contributed by atoms with Gasteiger partial charge in [0.25, 0.3) is 0 Å². The maximum atomic E-state index is 11.5. The van der Waals surface area contributed by atoms with Crippen molar-refractivity contribution >= 4 is 18.4 Å². The van der Waals surface area contributed by atoms with Crippen LogP contribution in [0, 0.1) is 11.3 Å². The Labute approximate surface area is 92.0 Å². The van der Waals surface area contributed by atoms with E-state index in [1.165, 1.54) is 7.11 Å². The highest BCUT2D eigenvalue weighted by Gasteiger charge is 2.38. The molecule has 84 valence electrons. The quantitative estimate of drug-likeness (QED) is 0.720. The van der Waals surface area contributed by atoms with E-state index in [0.717, 1.165) is 25.9 Å². The molecule has 1 unspecified atom stereocenters. The molecule has 0 bridgehead atoms. The number of rotatable bonds is 2. The molecule has 3 nitrogen and oxygen atoms in total. The van der Waals surface area contributed by atoms with Crippen LogP contribution in [0.1, 0.15) is 26.7 Å². The van der Waals surface area contributed by atoms with E-state index in [4.69, 9.17) is 4.74 Å². The first kappa shape index (κ1) is 13.7. The molecule has 1 fully saturated rings. The Morgan fingerprint density at radius 2 is 2.14 bits per heavy atom. The molecule has 1 aliphatic heterocycles. The van der Waals surface area contributed by atoms with E-state index in [-0.39, 0.29) is 23.8 Å². The summed E-state index contributed by atoms with van der Waals surface area (Å²) in [6.45, 7) is 5.95. The predicted octanol–water partition coefficient (Wildman–Crippen LogP) is 1.61. The first-order valence-electron chi connectivity index (χ1n) is 4.88. The van der Waals surface area contributed by atoms with Gasteiger partial charge in [0.05, 0.1) is 12.5 Å². The molecular weight excluding hydrogens is 202 g/mol. The number of esters is 1. The van der Waals surface area contributed by atoms with Gasteiger partial charge in [-0.3, -0.25) is 4.79 Å². The van der Waals surface area contributed by atoms with Gasteiger partial charge in [0.1, 0.15) is 0 Å². The second-order valence-electron chi connectivity index (χ2n) is 4.26. The molecule has 0 amide bonds. The number of nitrogens with one attached hydrogen (secondary N) is 1. The topological polar surface area (TPSA) is 38.3 Å². The van der Waals surface area contributed by atoms with Crippen LogP contribution in [0.15, 0.2) is 0 Å². The summed E-state index contributed by atoms with van der Waals surface area (Å²) in [5.74, 6) is 0.315. The molecule has 0 spiro atoms. The fourth-order valence-electron chi connectivity index (χ4n) is 1.90. The van der Waals surface area contributed by atoms with Crippen molar-refractivity contribution in [2.24, 2.45) is 11.3 Å². The number of hydrogen-bond acceptors (Lipinski definition) is 3. The molecule has 1 rings (SSSR count). The lowest BCUT2D eigenvalue weighted by molar-refractivity contribution is -0.154. The SMILES string of the molecule is COC(=O)C(C)(C)C1CCCNC1.Cl. The van der Waals surface area contributed by atoms with E-state index in [1.54, 1.807) is 0 Å². The Morgan fingerprint density at radius 3 is 2.57 bits per heavy atom. The lowest BCUT2D eigenvalue weighted by Crippen LogP contribution is -2.43. The van der Waals surface area contributed by atoms with Crippen LogP contribution < -0.4 is 5.32 Å². The Bertz CT molecular complexity index is 189. The Balaban J connectivity index is 0.00000169. The van der Waals surface area contributed by atoms with Crippen molar-refractivity contribution in [2.45, 2.75) is 26.7 Å². The summed E-state index contributed by atoms with van der Waals surface area (Å²) >= 11 is 0. The zero-order valence-electron chi connectivity index (χ0n) is 9.13. The zero-order chi connectivity index (χ0) is 9.90. The van der Waals surface area contributed by atoms with Gasteiger partial charge in [0, 0.05) is 0 Å². The normalized spacial score (nSPS) is 22.4. The molecular formula is C10H20ClNO2. The van der Waals surface area contributed by atoms with Crippen LogP contribution in [0.2, 0.25) is 0 Å². The highest BCUT2D eigenvalue weighted by molar-refractivity contribution is 5.85. The molecule has 0 aromatic heterocycles. The van der Waals surface area contributed by atoms with E-state index in [1.807, 2.05) is 13.8 Å². The average Bonchev–Trinajstić information content (AvgIpc) is 2.18. The minimum atomic E-state index is -0.345. The van der Waals surface area contributed by atoms with Gasteiger partial charge in [-0.05, 0) is 45.7 Å². The summed E-state index contributed by atoms with van der Waals surface area (Å²) < 4.78 is 4.80. The fourth-order valence-corrected chi connectivity index (χ4v) is 1.90. The van der Waals surface area contributed by atoms with Crippen LogP contribution >= 0.6 is 12.4 Å². The summed E-state index contributed by atoms with van der Waals surface area (Å²) in [4.78, 5) is 11.5. The van der Waals surface area contributed by atoms with Crippen LogP contribution in [0.5, 0.6) is 0 Å². The van der Waals surface area contributed by atoms with Crippen molar-refractivity contribution in [3.8, 4) is 0 Å². The van der Waals surface area contributed by atoms with Gasteiger partial charge < -0.3 is 10.1 Å². The summed E-state index contributed by atoms with van der Waals surface area (Å²) in [7, 11) is 1.46. The third kappa shape index (κ3) is 2.85. The standard InChI is InChI=1S/C10H19NO2.ClH/c1-10(2,9(12)13-3)8-5-4-6-11-7-8;/h8,11H,4-7H2,1-3H3;1H. The van der Waals surface area contributed by atoms with Gasteiger partial charge in [-0.25, -0.2) is 0 Å². The molecule has 4 heteroatoms. The van der Waals surface area contributed by atoms with Crippen LogP contribution in [-0.2, 0) is 9.53 Å². The summed E-state index contributed by atoms with van der Waals surface area (Å²) in [6.07, 6.45) is 2.28. The molecule has 1 N–H and O–H groups in total. The van der Waals surface area contributed by atoms with E-state index in [0.29, 0.717) is 5.92 Å². The van der Waals surface area contributed by atoms with Gasteiger partial charge in [-0.1, -0.05) is 0 Å². The van der Waals surface area contributed by atoms with Gasteiger partial charge in [-0.15, -0.1) is 12.4 Å². The third-order valence-corrected chi connectivity index (χ3v) is 3.03. The highest BCUT2D eigenvalue weighted by atomic mass is 35.5. The van der Waals surface area contributed by atoms with Crippen LogP contribution in [0.25, 0.3) is 0 Å². The van der Waals surface area contributed by atoms with Gasteiger partial charge >= 0.3 is 5.97 Å². The maximum absolute atomic E-state index is 11.5. The van der Waals surface area contributed by atoms with Crippen LogP contribution in [-0.4, -0.2) is 26.2 Å². The monoisotopic (exact) mass is 221 g/mol. The number of carbonyl (C=O) groups excluding carboxylic acids is 1. The second kappa shape index (κ2) is 5.56. The average molecular weight is 222 g/mol. The van der Waals surface area contributed by atoms with Crippen molar-refractivity contribution in [3.63, 3.8) is 0 Å². The van der Waals surface area contributed by atoms with E-state index >= 15 is 0 Å². The minimum Gasteiger partial charge on any atom is -0.469 e. The molecule has 0 aromatic rings. The van der Waals surface area contributed by atoms with Crippen LogP contribution in [0.4, 0.5) is 0 Å². The molecule has 1 atom stereocenters. The van der Waals surface area contributed by atoms with Crippen molar-refractivity contribution in [1.29, 1.82) is 0 Å². The third-order valence-electron chi connectivity index (χ3n) is 3.03. The summed E-state index contributed by atoms with van der Waals surface area (Å²) in [5.41, 5.74) is -0.345. The first-order chi connectivity index (χ1) is 6.09. The minimum absolute atomic E-state index is 0. The molecule has 1 heterocycles. The highest BCUT2D eigenvalue weighted by Crippen LogP contribution is 2.32. The number of carbonyl (C=O) groups is 1. The molecule has 1 aliphatic rings. The van der Waals surface area contributed by atoms with E-state index < -0.39 is 0 Å². The summed E-state index contributed by atoms with van der Waals surface area (Å²) in [6, 6.07) is 0. The molecule has 0 aromatic carbocycles. The molecule has 0 aliphatic carbocycles. The number of piperidine rings is 1. The molecule has 1 saturated heterocycles. The number of hydrogen-bond donors (Lipinski definition) is 1. The Hall–Kier alpha value is -0.280. The van der Waals surface area contributed by atoms with Crippen molar-refractivity contribution in [2.75, 3.05) is 20.2 Å². The fraction of sp³-hybridized carbons (Fsp3) is 0.900. The number of methoxy groups -OCH3 is 1. The van der Waals surface area contributed by atoms with Gasteiger partial charge in [-0.2, -0.15) is 0 Å². The maximum Gasteiger partial charge on any atom is 0.311 e. The Morgan fingerprint density at radius 1 is 1.50 bits per heavy atom. The lowest BCUT2D eigenvalue weighted by atomic mass is 9.75. The first-order valence-corrected chi connectivity index (χ1v) is 4.88. The van der Waals surface area contributed by atoms with Gasteiger partial charge in [0.2, 0.25) is 0 Å². The zero-order valence-corrected chi connectivity index (χ0v) is 9.95. The van der Waals surface area contributed by atoms with Crippen LogP contribution in [0.3, 0.4) is 0 Å². The smallest absolute Gasteiger partial charge is 0.311 e. The van der Waals surface area contributed by atoms with Gasteiger partial charge in [0.15, 0.2) is 0 Å².